The van der Waals surface area contributed by atoms with Crippen LogP contribution in [0.5, 0.6) is 0 Å². The highest BCUT2D eigenvalue weighted by Gasteiger charge is 2.36. The van der Waals surface area contributed by atoms with Crippen molar-refractivity contribution in [3.8, 4) is 111 Å². The minimum Gasteiger partial charge on any atom is -0.0622 e. The second-order valence-electron chi connectivity index (χ2n) is 25.9. The summed E-state index contributed by atoms with van der Waals surface area (Å²) in [5.41, 5.74) is 27.0. The van der Waals surface area contributed by atoms with E-state index in [4.69, 9.17) is 0 Å². The van der Waals surface area contributed by atoms with Crippen LogP contribution in [0.25, 0.3) is 176 Å². The van der Waals surface area contributed by atoms with Crippen molar-refractivity contribution >= 4 is 64.6 Å². The fourth-order valence-electron chi connectivity index (χ4n) is 15.6. The number of hydrogen-bond acceptors (Lipinski definition) is 0. The van der Waals surface area contributed by atoms with Crippen molar-refractivity contribution in [2.45, 2.75) is 19.3 Å². The average Bonchev–Trinajstić information content (AvgIpc) is 1.52. The maximum atomic E-state index is 2.48. The highest BCUT2D eigenvalue weighted by atomic mass is 14.4. The first-order valence-electron chi connectivity index (χ1n) is 32.5. The molecule has 0 N–H and O–H groups in total. The Labute approximate surface area is 542 Å². The molecule has 1 aliphatic carbocycles. The van der Waals surface area contributed by atoms with Gasteiger partial charge >= 0.3 is 0 Å². The molecule has 0 heteroatoms. The summed E-state index contributed by atoms with van der Waals surface area (Å²) in [6, 6.07) is 127. The Morgan fingerprint density at radius 3 is 0.871 bits per heavy atom. The number of fused-ring (bicyclic) bond motifs is 9. The van der Waals surface area contributed by atoms with E-state index in [-0.39, 0.29) is 5.41 Å². The molecule has 0 radical (unpaired) electrons. The fraction of sp³-hybridized carbons (Fsp3) is 0.0323. The quantitative estimate of drug-likeness (QED) is 0.126. The van der Waals surface area contributed by atoms with Gasteiger partial charge in [0.25, 0.3) is 0 Å². The van der Waals surface area contributed by atoms with Gasteiger partial charge in [-0.3, -0.25) is 0 Å². The summed E-state index contributed by atoms with van der Waals surface area (Å²) in [7, 11) is 0. The molecule has 93 heavy (non-hydrogen) atoms. The molecule has 17 aromatic carbocycles. The minimum atomic E-state index is -0.243. The Morgan fingerprint density at radius 2 is 0.430 bits per heavy atom. The van der Waals surface area contributed by atoms with E-state index in [9.17, 15) is 0 Å². The second kappa shape index (κ2) is 21.8. The Hall–Kier alpha value is -11.7. The highest BCUT2D eigenvalue weighted by Crippen LogP contribution is 2.53. The summed E-state index contributed by atoms with van der Waals surface area (Å²) >= 11 is 0. The molecule has 434 valence electrons. The summed E-state index contributed by atoms with van der Waals surface area (Å²) < 4.78 is 0. The van der Waals surface area contributed by atoms with Crippen molar-refractivity contribution in [2.24, 2.45) is 0 Å². The van der Waals surface area contributed by atoms with Crippen LogP contribution in [0.1, 0.15) is 25.0 Å². The molecular formula is C93H62. The third-order valence-electron chi connectivity index (χ3n) is 20.2. The van der Waals surface area contributed by atoms with Crippen molar-refractivity contribution in [1.82, 2.24) is 0 Å². The van der Waals surface area contributed by atoms with Crippen LogP contribution in [0.2, 0.25) is 0 Å². The number of benzene rings is 17. The smallest absolute Gasteiger partial charge is 0.0159 e. The lowest BCUT2D eigenvalue weighted by Crippen LogP contribution is -2.15. The standard InChI is InChI=1S/C93H62/c1-93(2)87-57-71(64-37-35-63(36-38-64)69-45-49-84-85(55-69)92(76-42-40-62-24-10-12-26-66(62)54-76)82-34-16-14-32-80(82)90(84)75-41-39-61-23-9-11-25-65(61)53-75)43-47-77(87)78-48-44-72(58-88(78)93)70-46-50-83-86(56-70)91(74-30-18-28-68(52-74)60-21-7-4-8-22-60)81-33-15-13-31-79(81)89(83)73-29-17-27-67(51-73)59-19-5-3-6-20-59/h3-58H,1-2H3. The number of rotatable bonds is 9. The molecule has 0 saturated heterocycles. The van der Waals surface area contributed by atoms with Gasteiger partial charge in [-0.2, -0.15) is 0 Å². The summed E-state index contributed by atoms with van der Waals surface area (Å²) in [5, 5.41) is 14.9. The van der Waals surface area contributed by atoms with Gasteiger partial charge in [-0.1, -0.05) is 305 Å². The lowest BCUT2D eigenvalue weighted by atomic mass is 9.80. The molecule has 0 aromatic heterocycles. The molecule has 18 rings (SSSR count). The number of hydrogen-bond donors (Lipinski definition) is 0. The van der Waals surface area contributed by atoms with Gasteiger partial charge in [0, 0.05) is 5.41 Å². The van der Waals surface area contributed by atoms with E-state index in [0.717, 1.165) is 0 Å². The van der Waals surface area contributed by atoms with Crippen molar-refractivity contribution < 1.29 is 0 Å². The molecule has 0 amide bonds. The molecule has 1 aliphatic rings. The topological polar surface area (TPSA) is 0 Å². The van der Waals surface area contributed by atoms with E-state index in [1.807, 2.05) is 0 Å². The first-order valence-corrected chi connectivity index (χ1v) is 32.5. The van der Waals surface area contributed by atoms with Gasteiger partial charge in [-0.15, -0.1) is 0 Å². The third kappa shape index (κ3) is 9.12. The predicted molar refractivity (Wildman–Crippen MR) is 398 cm³/mol. The Morgan fingerprint density at radius 1 is 0.161 bits per heavy atom. The predicted octanol–water partition coefficient (Wildman–Crippen LogP) is 25.9. The van der Waals surface area contributed by atoms with Gasteiger partial charge in [0.1, 0.15) is 0 Å². The van der Waals surface area contributed by atoms with Gasteiger partial charge in [-0.05, 0) is 236 Å². The molecule has 0 nitrogen and oxygen atoms in total. The molecular weight excluding hydrogens is 1120 g/mol. The molecule has 0 spiro atoms. The lowest BCUT2D eigenvalue weighted by molar-refractivity contribution is 0.661. The minimum absolute atomic E-state index is 0.243. The Balaban J connectivity index is 0.718. The average molecular weight is 1180 g/mol. The van der Waals surface area contributed by atoms with Gasteiger partial charge in [0.15, 0.2) is 0 Å². The zero-order chi connectivity index (χ0) is 61.7. The molecule has 0 atom stereocenters. The Bertz CT molecular complexity index is 5870. The third-order valence-corrected chi connectivity index (χ3v) is 20.2. The normalized spacial score (nSPS) is 12.5. The van der Waals surface area contributed by atoms with E-state index in [0.29, 0.717) is 0 Å². The largest absolute Gasteiger partial charge is 0.0622 e. The monoisotopic (exact) mass is 1180 g/mol. The maximum absolute atomic E-state index is 2.48. The zero-order valence-corrected chi connectivity index (χ0v) is 51.8. The molecule has 0 unspecified atom stereocenters. The van der Waals surface area contributed by atoms with Gasteiger partial charge in [0.2, 0.25) is 0 Å². The summed E-state index contributed by atoms with van der Waals surface area (Å²) in [4.78, 5) is 0. The Kier molecular flexibility index (Phi) is 12.7. The molecule has 0 bridgehead atoms. The van der Waals surface area contributed by atoms with Crippen LogP contribution in [0.3, 0.4) is 0 Å². The van der Waals surface area contributed by atoms with Crippen molar-refractivity contribution in [1.29, 1.82) is 0 Å². The van der Waals surface area contributed by atoms with Crippen molar-refractivity contribution in [3.63, 3.8) is 0 Å². The van der Waals surface area contributed by atoms with Crippen LogP contribution >= 0.6 is 0 Å². The van der Waals surface area contributed by atoms with Crippen LogP contribution in [0.4, 0.5) is 0 Å². The van der Waals surface area contributed by atoms with Gasteiger partial charge in [-0.25, -0.2) is 0 Å². The van der Waals surface area contributed by atoms with Crippen LogP contribution in [0, 0.1) is 0 Å². The van der Waals surface area contributed by atoms with Crippen LogP contribution in [0.15, 0.2) is 340 Å². The van der Waals surface area contributed by atoms with E-state index in [1.165, 1.54) is 187 Å². The first-order chi connectivity index (χ1) is 45.8. The SMILES string of the molecule is CC1(C)c2cc(-c3ccc(-c4ccc5c(-c6ccc7ccccc7c6)c6ccccc6c(-c6ccc7ccccc7c6)c5c4)cc3)ccc2-c2ccc(-c3ccc4c(-c5cccc(-c6ccccc6)c5)c5ccccc5c(-c5cccc(-c6ccccc6)c5)c4c3)cc21. The van der Waals surface area contributed by atoms with E-state index in [2.05, 4.69) is 354 Å². The summed E-state index contributed by atoms with van der Waals surface area (Å²) in [5.74, 6) is 0. The highest BCUT2D eigenvalue weighted by molar-refractivity contribution is 6.24. The van der Waals surface area contributed by atoms with Crippen LogP contribution in [-0.2, 0) is 5.41 Å². The molecule has 0 saturated carbocycles. The molecule has 0 aliphatic heterocycles. The summed E-state index contributed by atoms with van der Waals surface area (Å²) in [6.45, 7) is 4.82. The molecule has 17 aromatic rings. The van der Waals surface area contributed by atoms with E-state index >= 15 is 0 Å². The fourth-order valence-corrected chi connectivity index (χ4v) is 15.6. The van der Waals surface area contributed by atoms with E-state index in [1.54, 1.807) is 0 Å². The summed E-state index contributed by atoms with van der Waals surface area (Å²) in [6.07, 6.45) is 0. The molecule has 0 heterocycles. The van der Waals surface area contributed by atoms with E-state index < -0.39 is 0 Å². The van der Waals surface area contributed by atoms with Gasteiger partial charge in [0.05, 0.1) is 0 Å². The van der Waals surface area contributed by atoms with Crippen molar-refractivity contribution in [2.75, 3.05) is 0 Å². The second-order valence-corrected chi connectivity index (χ2v) is 25.9. The lowest BCUT2D eigenvalue weighted by Gasteiger charge is -2.23. The first kappa shape index (κ1) is 54.3. The van der Waals surface area contributed by atoms with Crippen molar-refractivity contribution in [3.05, 3.63) is 351 Å². The molecule has 0 fully saturated rings. The van der Waals surface area contributed by atoms with Crippen LogP contribution < -0.4 is 0 Å². The zero-order valence-electron chi connectivity index (χ0n) is 51.8. The maximum Gasteiger partial charge on any atom is 0.0159 e. The van der Waals surface area contributed by atoms with Crippen LogP contribution in [-0.4, -0.2) is 0 Å². The van der Waals surface area contributed by atoms with Gasteiger partial charge < -0.3 is 0 Å².